The number of nitrogens with zero attached hydrogens (tertiary/aromatic N) is 1. The van der Waals surface area contributed by atoms with E-state index in [9.17, 15) is 0 Å². The highest BCUT2D eigenvalue weighted by Gasteiger charge is 2.15. The number of benzene rings is 4. The molecule has 144 valence electrons. The van der Waals surface area contributed by atoms with Crippen molar-refractivity contribution in [3.8, 4) is 45.4 Å². The summed E-state index contributed by atoms with van der Waals surface area (Å²) in [5, 5.41) is 0. The fourth-order valence-corrected chi connectivity index (χ4v) is 3.43. The van der Waals surface area contributed by atoms with Gasteiger partial charge >= 0.3 is 0 Å². The molecule has 0 bridgehead atoms. The molecular weight excluding hydrogens is 368 g/mol. The first-order valence-electron chi connectivity index (χ1n) is 9.91. The number of rotatable bonds is 5. The number of imidazole rings is 1. The summed E-state index contributed by atoms with van der Waals surface area (Å²) in [6.45, 7) is 0. The van der Waals surface area contributed by atoms with Crippen LogP contribution in [0.4, 0.5) is 0 Å². The van der Waals surface area contributed by atoms with Crippen LogP contribution in [0, 0.1) is 0 Å². The van der Waals surface area contributed by atoms with Gasteiger partial charge in [0.05, 0.1) is 11.4 Å². The molecule has 3 heteroatoms. The largest absolute Gasteiger partial charge is 0.457 e. The standard InChI is InChI=1S/C27H20N2O/c1-4-10-20(11-5-1)25-26(29-27(28-25)22-12-6-2-7-13-22)21-16-18-24(19-17-21)30-23-14-8-3-9-15-23/h1-19H,(H,28,29). The van der Waals surface area contributed by atoms with Crippen molar-refractivity contribution in [1.29, 1.82) is 0 Å². The molecule has 3 nitrogen and oxygen atoms in total. The predicted octanol–water partition coefficient (Wildman–Crippen LogP) is 7.20. The molecule has 0 atom stereocenters. The Morgan fingerprint density at radius 2 is 1.03 bits per heavy atom. The van der Waals surface area contributed by atoms with Crippen LogP contribution in [0.5, 0.6) is 11.5 Å². The van der Waals surface area contributed by atoms with Crippen molar-refractivity contribution in [3.05, 3.63) is 115 Å². The number of aromatic amines is 1. The molecule has 5 aromatic rings. The van der Waals surface area contributed by atoms with Crippen LogP contribution in [-0.2, 0) is 0 Å². The minimum Gasteiger partial charge on any atom is -0.457 e. The minimum atomic E-state index is 0.800. The second kappa shape index (κ2) is 8.10. The average molecular weight is 388 g/mol. The third-order valence-corrected chi connectivity index (χ3v) is 4.92. The van der Waals surface area contributed by atoms with Gasteiger partial charge in [0, 0.05) is 16.7 Å². The fourth-order valence-electron chi connectivity index (χ4n) is 3.43. The van der Waals surface area contributed by atoms with Gasteiger partial charge in [0.1, 0.15) is 17.3 Å². The summed E-state index contributed by atoms with van der Waals surface area (Å²) in [5.74, 6) is 2.48. The summed E-state index contributed by atoms with van der Waals surface area (Å²) < 4.78 is 5.93. The molecule has 0 spiro atoms. The van der Waals surface area contributed by atoms with Gasteiger partial charge in [-0.1, -0.05) is 78.9 Å². The molecule has 0 saturated heterocycles. The Morgan fingerprint density at radius 3 is 1.67 bits per heavy atom. The van der Waals surface area contributed by atoms with E-state index in [1.165, 1.54) is 0 Å². The zero-order valence-corrected chi connectivity index (χ0v) is 16.3. The van der Waals surface area contributed by atoms with Gasteiger partial charge in [-0.05, 0) is 36.4 Å². The van der Waals surface area contributed by atoms with Crippen LogP contribution in [0.15, 0.2) is 115 Å². The first-order chi connectivity index (χ1) is 14.9. The molecule has 1 heterocycles. The summed E-state index contributed by atoms with van der Waals surface area (Å²) in [7, 11) is 0. The van der Waals surface area contributed by atoms with Gasteiger partial charge in [-0.3, -0.25) is 0 Å². The Balaban J connectivity index is 1.53. The zero-order valence-electron chi connectivity index (χ0n) is 16.3. The maximum Gasteiger partial charge on any atom is 0.138 e. The van der Waals surface area contributed by atoms with Crippen molar-refractivity contribution >= 4 is 0 Å². The first-order valence-corrected chi connectivity index (χ1v) is 9.91. The number of nitrogens with one attached hydrogen (secondary N) is 1. The van der Waals surface area contributed by atoms with E-state index in [1.807, 2.05) is 78.9 Å². The molecule has 1 N–H and O–H groups in total. The maximum atomic E-state index is 5.93. The lowest BCUT2D eigenvalue weighted by atomic mass is 10.1. The van der Waals surface area contributed by atoms with E-state index >= 15 is 0 Å². The summed E-state index contributed by atoms with van der Waals surface area (Å²) in [6.07, 6.45) is 0. The van der Waals surface area contributed by atoms with Gasteiger partial charge in [-0.25, -0.2) is 4.98 Å². The van der Waals surface area contributed by atoms with Gasteiger partial charge in [-0.15, -0.1) is 0 Å². The monoisotopic (exact) mass is 388 g/mol. The van der Waals surface area contributed by atoms with Gasteiger partial charge in [0.2, 0.25) is 0 Å². The molecule has 0 fully saturated rings. The van der Waals surface area contributed by atoms with E-state index in [4.69, 9.17) is 9.72 Å². The number of H-pyrrole nitrogens is 1. The van der Waals surface area contributed by atoms with Crippen LogP contribution in [0.1, 0.15) is 0 Å². The Morgan fingerprint density at radius 1 is 0.500 bits per heavy atom. The third kappa shape index (κ3) is 3.74. The Bertz CT molecular complexity index is 1230. The van der Waals surface area contributed by atoms with E-state index in [2.05, 4.69) is 41.4 Å². The van der Waals surface area contributed by atoms with E-state index in [0.29, 0.717) is 0 Å². The Labute approximate surface area is 175 Å². The number of ether oxygens (including phenoxy) is 1. The molecule has 30 heavy (non-hydrogen) atoms. The fraction of sp³-hybridized carbons (Fsp3) is 0. The Kier molecular flexibility index (Phi) is 4.84. The molecule has 0 aliphatic carbocycles. The van der Waals surface area contributed by atoms with Crippen LogP contribution < -0.4 is 4.74 Å². The highest BCUT2D eigenvalue weighted by atomic mass is 16.5. The third-order valence-electron chi connectivity index (χ3n) is 4.92. The molecule has 0 saturated carbocycles. The first kappa shape index (κ1) is 18.0. The number of hydrogen-bond acceptors (Lipinski definition) is 2. The van der Waals surface area contributed by atoms with Crippen LogP contribution >= 0.6 is 0 Å². The summed E-state index contributed by atoms with van der Waals surface area (Å²) in [5.41, 5.74) is 5.13. The van der Waals surface area contributed by atoms with Gasteiger partial charge < -0.3 is 9.72 Å². The van der Waals surface area contributed by atoms with Crippen molar-refractivity contribution in [2.24, 2.45) is 0 Å². The topological polar surface area (TPSA) is 37.9 Å². The average Bonchev–Trinajstić information content (AvgIpc) is 3.27. The van der Waals surface area contributed by atoms with Crippen molar-refractivity contribution in [2.75, 3.05) is 0 Å². The number of para-hydroxylation sites is 1. The highest BCUT2D eigenvalue weighted by Crippen LogP contribution is 2.34. The normalized spacial score (nSPS) is 10.7. The van der Waals surface area contributed by atoms with E-state index < -0.39 is 0 Å². The number of aromatic nitrogens is 2. The molecule has 1 aromatic heterocycles. The summed E-state index contributed by atoms with van der Waals surface area (Å²) >= 11 is 0. The second-order valence-corrected chi connectivity index (χ2v) is 6.98. The lowest BCUT2D eigenvalue weighted by molar-refractivity contribution is 0.483. The van der Waals surface area contributed by atoms with Crippen molar-refractivity contribution in [1.82, 2.24) is 9.97 Å². The highest BCUT2D eigenvalue weighted by molar-refractivity contribution is 5.81. The molecule has 0 amide bonds. The lowest BCUT2D eigenvalue weighted by Crippen LogP contribution is -1.86. The van der Waals surface area contributed by atoms with Crippen molar-refractivity contribution in [3.63, 3.8) is 0 Å². The predicted molar refractivity (Wildman–Crippen MR) is 121 cm³/mol. The minimum absolute atomic E-state index is 0.800. The quantitative estimate of drug-likeness (QED) is 0.346. The SMILES string of the molecule is c1ccc(Oc2ccc(-c3[nH]c(-c4ccccc4)nc3-c3ccccc3)cc2)cc1. The maximum absolute atomic E-state index is 5.93. The van der Waals surface area contributed by atoms with E-state index in [0.717, 1.165) is 45.4 Å². The smallest absolute Gasteiger partial charge is 0.138 e. The van der Waals surface area contributed by atoms with Crippen molar-refractivity contribution < 1.29 is 4.74 Å². The van der Waals surface area contributed by atoms with Crippen LogP contribution in [0.2, 0.25) is 0 Å². The molecule has 0 unspecified atom stereocenters. The second-order valence-electron chi connectivity index (χ2n) is 6.98. The van der Waals surface area contributed by atoms with Crippen LogP contribution in [0.3, 0.4) is 0 Å². The molecule has 0 radical (unpaired) electrons. The van der Waals surface area contributed by atoms with Crippen molar-refractivity contribution in [2.45, 2.75) is 0 Å². The number of hydrogen-bond donors (Lipinski definition) is 1. The lowest BCUT2D eigenvalue weighted by Gasteiger charge is -2.07. The van der Waals surface area contributed by atoms with E-state index in [-0.39, 0.29) is 0 Å². The molecule has 0 aliphatic rings. The van der Waals surface area contributed by atoms with Crippen LogP contribution in [0.25, 0.3) is 33.9 Å². The van der Waals surface area contributed by atoms with Gasteiger partial charge in [-0.2, -0.15) is 0 Å². The molecule has 5 rings (SSSR count). The summed E-state index contributed by atoms with van der Waals surface area (Å²) in [4.78, 5) is 8.46. The van der Waals surface area contributed by atoms with E-state index in [1.54, 1.807) is 0 Å². The molecular formula is C27H20N2O. The Hall–Kier alpha value is -4.11. The molecule has 4 aromatic carbocycles. The van der Waals surface area contributed by atoms with Crippen LogP contribution in [-0.4, -0.2) is 9.97 Å². The zero-order chi connectivity index (χ0) is 20.2. The summed E-state index contributed by atoms with van der Waals surface area (Å²) in [6, 6.07) is 38.3. The van der Waals surface area contributed by atoms with Gasteiger partial charge in [0.15, 0.2) is 0 Å². The van der Waals surface area contributed by atoms with Gasteiger partial charge in [0.25, 0.3) is 0 Å². The molecule has 0 aliphatic heterocycles.